The molecule has 0 aliphatic carbocycles. The molecule has 0 atom stereocenters. The van der Waals surface area contributed by atoms with Crippen molar-refractivity contribution >= 4 is 17.1 Å². The van der Waals surface area contributed by atoms with Crippen LogP contribution in [0.2, 0.25) is 0 Å². The Morgan fingerprint density at radius 2 is 2.24 bits per heavy atom. The van der Waals surface area contributed by atoms with Crippen molar-refractivity contribution in [2.75, 3.05) is 0 Å². The fourth-order valence-electron chi connectivity index (χ4n) is 1.60. The number of aryl methyl sites for hydroxylation is 2. The topological polar surface area (TPSA) is 55.7 Å². The third-order valence-corrected chi connectivity index (χ3v) is 3.23. The van der Waals surface area contributed by atoms with Crippen LogP contribution in [0.5, 0.6) is 0 Å². The molecule has 0 unspecified atom stereocenters. The van der Waals surface area contributed by atoms with Gasteiger partial charge < -0.3 is 0 Å². The van der Waals surface area contributed by atoms with E-state index in [1.165, 1.54) is 11.3 Å². The molecule has 2 rings (SSSR count). The van der Waals surface area contributed by atoms with Crippen molar-refractivity contribution in [3.63, 3.8) is 0 Å². The van der Waals surface area contributed by atoms with Crippen LogP contribution in [0, 0.1) is 6.92 Å². The minimum atomic E-state index is 0.0871. The van der Waals surface area contributed by atoms with Gasteiger partial charge in [0.2, 0.25) is 0 Å². The van der Waals surface area contributed by atoms with E-state index in [0.29, 0.717) is 12.0 Å². The number of thiazole rings is 1. The lowest BCUT2D eigenvalue weighted by atomic mass is 10.0. The Morgan fingerprint density at radius 3 is 2.88 bits per heavy atom. The molecular weight excluding hydrogens is 234 g/mol. The summed E-state index contributed by atoms with van der Waals surface area (Å²) < 4.78 is 0. The van der Waals surface area contributed by atoms with Crippen LogP contribution in [0.4, 0.5) is 0 Å². The van der Waals surface area contributed by atoms with E-state index in [-0.39, 0.29) is 5.78 Å². The van der Waals surface area contributed by atoms with Gasteiger partial charge in [-0.05, 0) is 19.4 Å². The highest BCUT2D eigenvalue weighted by atomic mass is 32.1. The maximum absolute atomic E-state index is 12.2. The van der Waals surface area contributed by atoms with E-state index in [0.717, 1.165) is 22.7 Å². The number of ketones is 1. The Balaban J connectivity index is 2.26. The van der Waals surface area contributed by atoms with Crippen LogP contribution >= 0.6 is 11.3 Å². The van der Waals surface area contributed by atoms with Crippen molar-refractivity contribution in [2.24, 2.45) is 0 Å². The molecule has 17 heavy (non-hydrogen) atoms. The summed E-state index contributed by atoms with van der Waals surface area (Å²) in [6.07, 6.45) is 2.84. The number of Topliss-reactive ketones (excluding diaryl/α,β-unsaturated/α-hetero) is 1. The zero-order valence-electron chi connectivity index (χ0n) is 9.80. The lowest BCUT2D eigenvalue weighted by Crippen LogP contribution is -2.09. The van der Waals surface area contributed by atoms with Crippen LogP contribution in [0.15, 0.2) is 17.8 Å². The second kappa shape index (κ2) is 5.14. The van der Waals surface area contributed by atoms with Crippen LogP contribution in [0.3, 0.4) is 0 Å². The Hall–Kier alpha value is -1.62. The molecule has 0 radical (unpaired) electrons. The van der Waals surface area contributed by atoms with Gasteiger partial charge in [0.05, 0.1) is 16.9 Å². The Bertz CT molecular complexity index is 523. The SMILES string of the molecule is CCc1nnc(C)cc1C(=O)Cc1cncs1. The van der Waals surface area contributed by atoms with Crippen molar-refractivity contribution in [3.8, 4) is 0 Å². The van der Waals surface area contributed by atoms with E-state index in [1.54, 1.807) is 11.7 Å². The van der Waals surface area contributed by atoms with Gasteiger partial charge in [-0.1, -0.05) is 6.92 Å². The first-order valence-corrected chi connectivity index (χ1v) is 6.32. The predicted octanol–water partition coefficient (Wildman–Crippen LogP) is 2.23. The summed E-state index contributed by atoms with van der Waals surface area (Å²) in [5.41, 5.74) is 3.97. The zero-order valence-corrected chi connectivity index (χ0v) is 10.6. The lowest BCUT2D eigenvalue weighted by Gasteiger charge is -2.05. The summed E-state index contributed by atoms with van der Waals surface area (Å²) in [6, 6.07) is 1.81. The number of hydrogen-bond acceptors (Lipinski definition) is 5. The summed E-state index contributed by atoms with van der Waals surface area (Å²) in [6.45, 7) is 3.82. The molecule has 0 amide bonds. The van der Waals surface area contributed by atoms with E-state index in [1.807, 2.05) is 19.9 Å². The maximum atomic E-state index is 12.2. The number of rotatable bonds is 4. The first kappa shape index (κ1) is 11.9. The van der Waals surface area contributed by atoms with Crippen LogP contribution in [0.25, 0.3) is 0 Å². The largest absolute Gasteiger partial charge is 0.294 e. The molecule has 4 nitrogen and oxygen atoms in total. The predicted molar refractivity (Wildman–Crippen MR) is 66.3 cm³/mol. The van der Waals surface area contributed by atoms with Crippen LogP contribution < -0.4 is 0 Å². The summed E-state index contributed by atoms with van der Waals surface area (Å²) >= 11 is 1.50. The number of carbonyl (C=O) groups excluding carboxylic acids is 1. The first-order valence-electron chi connectivity index (χ1n) is 5.44. The molecule has 0 aliphatic heterocycles. The highest BCUT2D eigenvalue weighted by Crippen LogP contribution is 2.14. The number of hydrogen-bond donors (Lipinski definition) is 0. The van der Waals surface area contributed by atoms with Gasteiger partial charge in [-0.2, -0.15) is 10.2 Å². The molecule has 0 bridgehead atoms. The Kier molecular flexibility index (Phi) is 3.58. The van der Waals surface area contributed by atoms with Gasteiger partial charge in [-0.3, -0.25) is 9.78 Å². The highest BCUT2D eigenvalue weighted by Gasteiger charge is 2.14. The van der Waals surface area contributed by atoms with E-state index in [4.69, 9.17) is 0 Å². The van der Waals surface area contributed by atoms with Crippen molar-refractivity contribution in [1.82, 2.24) is 15.2 Å². The third kappa shape index (κ3) is 2.74. The van der Waals surface area contributed by atoms with E-state index < -0.39 is 0 Å². The smallest absolute Gasteiger partial charge is 0.170 e. The summed E-state index contributed by atoms with van der Waals surface area (Å²) in [5, 5.41) is 8.04. The van der Waals surface area contributed by atoms with Gasteiger partial charge in [0, 0.05) is 23.1 Å². The van der Waals surface area contributed by atoms with Gasteiger partial charge in [0.15, 0.2) is 5.78 Å². The van der Waals surface area contributed by atoms with E-state index in [2.05, 4.69) is 15.2 Å². The lowest BCUT2D eigenvalue weighted by molar-refractivity contribution is 0.0992. The molecule has 0 aliphatic rings. The van der Waals surface area contributed by atoms with Crippen molar-refractivity contribution < 1.29 is 4.79 Å². The zero-order chi connectivity index (χ0) is 12.3. The summed E-state index contributed by atoms with van der Waals surface area (Å²) in [4.78, 5) is 17.1. The van der Waals surface area contributed by atoms with Crippen molar-refractivity contribution in [1.29, 1.82) is 0 Å². The third-order valence-electron chi connectivity index (χ3n) is 2.45. The number of nitrogens with zero attached hydrogens (tertiary/aromatic N) is 3. The quantitative estimate of drug-likeness (QED) is 0.777. The maximum Gasteiger partial charge on any atom is 0.170 e. The van der Waals surface area contributed by atoms with E-state index in [9.17, 15) is 4.79 Å². The van der Waals surface area contributed by atoms with Crippen LogP contribution in [-0.4, -0.2) is 21.0 Å². The monoisotopic (exact) mass is 247 g/mol. The second-order valence-corrected chi connectivity index (χ2v) is 4.74. The molecule has 0 saturated heterocycles. The molecule has 5 heteroatoms. The van der Waals surface area contributed by atoms with Crippen molar-refractivity contribution in [2.45, 2.75) is 26.7 Å². The van der Waals surface area contributed by atoms with E-state index >= 15 is 0 Å². The van der Waals surface area contributed by atoms with Gasteiger partial charge in [-0.25, -0.2) is 0 Å². The van der Waals surface area contributed by atoms with Gasteiger partial charge in [-0.15, -0.1) is 11.3 Å². The van der Waals surface area contributed by atoms with Gasteiger partial charge >= 0.3 is 0 Å². The molecule has 0 saturated carbocycles. The van der Waals surface area contributed by atoms with Gasteiger partial charge in [0.1, 0.15) is 0 Å². The second-order valence-electron chi connectivity index (χ2n) is 3.77. The molecule has 0 fully saturated rings. The molecule has 0 N–H and O–H groups in total. The fourth-order valence-corrected chi connectivity index (χ4v) is 2.19. The number of aromatic nitrogens is 3. The Morgan fingerprint density at radius 1 is 1.41 bits per heavy atom. The normalized spacial score (nSPS) is 10.5. The summed E-state index contributed by atoms with van der Waals surface area (Å²) in [5.74, 6) is 0.0871. The fraction of sp³-hybridized carbons (Fsp3) is 0.333. The Labute approximate surface area is 104 Å². The average Bonchev–Trinajstić information content (AvgIpc) is 2.81. The molecule has 88 valence electrons. The molecule has 0 spiro atoms. The average molecular weight is 247 g/mol. The highest BCUT2D eigenvalue weighted by molar-refractivity contribution is 7.09. The van der Waals surface area contributed by atoms with Crippen LogP contribution in [0.1, 0.15) is 33.5 Å². The molecule has 2 aromatic heterocycles. The standard InChI is InChI=1S/C12H13N3OS/c1-3-11-10(4-8(2)14-15-11)12(16)5-9-6-13-7-17-9/h4,6-7H,3,5H2,1-2H3. The number of carbonyl (C=O) groups is 1. The van der Waals surface area contributed by atoms with Crippen molar-refractivity contribution in [3.05, 3.63) is 39.6 Å². The molecule has 2 aromatic rings. The molecule has 0 aromatic carbocycles. The van der Waals surface area contributed by atoms with Crippen LogP contribution in [-0.2, 0) is 12.8 Å². The molecular formula is C12H13N3OS. The first-order chi connectivity index (χ1) is 8.20. The minimum absolute atomic E-state index is 0.0871. The molecule has 2 heterocycles. The van der Waals surface area contributed by atoms with Gasteiger partial charge in [0.25, 0.3) is 0 Å². The minimum Gasteiger partial charge on any atom is -0.294 e. The summed E-state index contributed by atoms with van der Waals surface area (Å²) in [7, 11) is 0.